The second-order valence-corrected chi connectivity index (χ2v) is 20.0. The number of Topliss-reactive ketones (excluding diaryl/α,β-unsaturated/α-hetero) is 1. The lowest BCUT2D eigenvalue weighted by Crippen LogP contribution is -2.27. The summed E-state index contributed by atoms with van der Waals surface area (Å²) in [4.78, 5) is 50.1. The fourth-order valence-electron chi connectivity index (χ4n) is 8.05. The molecule has 1 amide bonds. The SMILES string of the molecule is C#CCCCCCc1cn(C(=O)OC(C)(C)C)c(N)n1.CCCCCCCc1ccc(C(=O)CCCn2cc(CCCCCc3cnc(N)[nH]3)nn2)cc1.CCCCCCCc1ccc(C(=O)NCCN=[N+]=[N-])cc1. The number of nitrogens with zero attached hydrogens (tertiary/aromatic N) is 9. The summed E-state index contributed by atoms with van der Waals surface area (Å²) in [6, 6.07) is 15.9. The molecule has 0 spiro atoms. The topological polar surface area (TPSA) is 250 Å². The number of carbonyl (C=O) groups excluding carboxylic acids is 3. The Morgan fingerprint density at radius 3 is 1.92 bits per heavy atom. The number of nitrogens with one attached hydrogen (secondary N) is 2. The lowest BCUT2D eigenvalue weighted by atomic mass is 10.0. The molecule has 2 aromatic carbocycles. The number of benzene rings is 2. The fourth-order valence-corrected chi connectivity index (χ4v) is 8.05. The van der Waals surface area contributed by atoms with Gasteiger partial charge in [0.1, 0.15) is 5.60 Å². The maximum atomic E-state index is 12.5. The fraction of sp³-hybridized carbons (Fsp3) is 0.569. The van der Waals surface area contributed by atoms with E-state index in [1.165, 1.54) is 79.9 Å². The number of H-pyrrole nitrogens is 1. The Balaban J connectivity index is 0.000000314. The average Bonchev–Trinajstić information content (AvgIpc) is 4.14. The molecule has 408 valence electrons. The quantitative estimate of drug-likeness (QED) is 0.00791. The third kappa shape index (κ3) is 27.8. The number of ether oxygens (including phenoxy) is 1. The van der Waals surface area contributed by atoms with Gasteiger partial charge in [0, 0.05) is 66.6 Å². The highest BCUT2D eigenvalue weighted by atomic mass is 16.6. The van der Waals surface area contributed by atoms with Crippen molar-refractivity contribution in [3.05, 3.63) is 117 Å². The highest BCUT2D eigenvalue weighted by molar-refractivity contribution is 5.96. The molecule has 5 rings (SSSR count). The molecule has 0 saturated carbocycles. The number of amides is 1. The van der Waals surface area contributed by atoms with Gasteiger partial charge in [0.05, 0.1) is 17.6 Å². The summed E-state index contributed by atoms with van der Waals surface area (Å²) in [5.74, 6) is 3.34. The van der Waals surface area contributed by atoms with E-state index in [9.17, 15) is 14.4 Å². The van der Waals surface area contributed by atoms with Gasteiger partial charge in [-0.05, 0) is 127 Å². The molecular formula is C58H87N13O4. The Morgan fingerprint density at radius 1 is 0.760 bits per heavy atom. The number of aromatic amines is 1. The Kier molecular flexibility index (Phi) is 30.7. The van der Waals surface area contributed by atoms with Gasteiger partial charge in [-0.25, -0.2) is 19.3 Å². The molecule has 0 saturated heterocycles. The lowest BCUT2D eigenvalue weighted by molar-refractivity contribution is 0.0540. The van der Waals surface area contributed by atoms with Crippen molar-refractivity contribution < 1.29 is 19.1 Å². The first-order valence-corrected chi connectivity index (χ1v) is 27.4. The van der Waals surface area contributed by atoms with E-state index in [4.69, 9.17) is 28.2 Å². The first kappa shape index (κ1) is 62.4. The minimum atomic E-state index is -0.552. The third-order valence-corrected chi connectivity index (χ3v) is 12.2. The van der Waals surface area contributed by atoms with Crippen LogP contribution in [0, 0.1) is 12.3 Å². The maximum Gasteiger partial charge on any atom is 0.421 e. The van der Waals surface area contributed by atoms with Crippen molar-refractivity contribution in [2.75, 3.05) is 24.6 Å². The molecule has 3 aromatic heterocycles. The molecule has 5 aromatic rings. The van der Waals surface area contributed by atoms with Crippen molar-refractivity contribution in [1.82, 2.24) is 39.8 Å². The number of ketones is 1. The molecule has 17 nitrogen and oxygen atoms in total. The molecule has 75 heavy (non-hydrogen) atoms. The van der Waals surface area contributed by atoms with Crippen molar-refractivity contribution in [3.8, 4) is 12.3 Å². The number of hydrogen-bond donors (Lipinski definition) is 4. The average molecular weight is 1030 g/mol. The Labute approximate surface area is 446 Å². The van der Waals surface area contributed by atoms with Crippen LogP contribution in [0.1, 0.15) is 206 Å². The first-order valence-electron chi connectivity index (χ1n) is 27.4. The molecule has 17 heteroatoms. The van der Waals surface area contributed by atoms with Crippen LogP contribution in [-0.2, 0) is 43.4 Å². The smallest absolute Gasteiger partial charge is 0.421 e. The molecule has 0 bridgehead atoms. The van der Waals surface area contributed by atoms with Gasteiger partial charge in [-0.15, -0.1) is 17.4 Å². The Bertz CT molecular complexity index is 2450. The highest BCUT2D eigenvalue weighted by Crippen LogP contribution is 2.17. The zero-order valence-corrected chi connectivity index (χ0v) is 45.8. The number of anilines is 2. The van der Waals surface area contributed by atoms with Gasteiger partial charge in [0.25, 0.3) is 5.91 Å². The molecule has 0 radical (unpaired) electrons. The summed E-state index contributed by atoms with van der Waals surface area (Å²) < 4.78 is 8.37. The van der Waals surface area contributed by atoms with E-state index in [1.54, 1.807) is 12.4 Å². The zero-order chi connectivity index (χ0) is 54.5. The minimum Gasteiger partial charge on any atom is -0.443 e. The predicted molar refractivity (Wildman–Crippen MR) is 301 cm³/mol. The van der Waals surface area contributed by atoms with Gasteiger partial charge in [-0.3, -0.25) is 14.3 Å². The van der Waals surface area contributed by atoms with Crippen LogP contribution in [0.2, 0.25) is 0 Å². The second-order valence-electron chi connectivity index (χ2n) is 20.0. The van der Waals surface area contributed by atoms with Crippen LogP contribution in [0.15, 0.2) is 72.2 Å². The van der Waals surface area contributed by atoms with Gasteiger partial charge in [0.2, 0.25) is 5.95 Å². The largest absolute Gasteiger partial charge is 0.443 e. The summed E-state index contributed by atoms with van der Waals surface area (Å²) >= 11 is 0. The molecule has 3 heterocycles. The van der Waals surface area contributed by atoms with Crippen LogP contribution in [0.4, 0.5) is 16.7 Å². The Hall–Kier alpha value is -6.92. The second kappa shape index (κ2) is 36.9. The molecule has 0 unspecified atom stereocenters. The van der Waals surface area contributed by atoms with Crippen LogP contribution in [0.25, 0.3) is 10.4 Å². The van der Waals surface area contributed by atoms with Crippen LogP contribution in [0.3, 0.4) is 0 Å². The van der Waals surface area contributed by atoms with Crippen LogP contribution in [0.5, 0.6) is 0 Å². The molecule has 0 aliphatic rings. The van der Waals surface area contributed by atoms with E-state index in [1.807, 2.05) is 68.0 Å². The number of azide groups is 1. The van der Waals surface area contributed by atoms with Crippen molar-refractivity contribution in [1.29, 1.82) is 0 Å². The number of aromatic nitrogens is 7. The molecule has 0 atom stereocenters. The van der Waals surface area contributed by atoms with E-state index in [0.29, 0.717) is 24.5 Å². The predicted octanol–water partition coefficient (Wildman–Crippen LogP) is 12.9. The molecule has 0 aliphatic heterocycles. The summed E-state index contributed by atoms with van der Waals surface area (Å²) in [7, 11) is 0. The zero-order valence-electron chi connectivity index (χ0n) is 45.8. The van der Waals surface area contributed by atoms with Crippen LogP contribution < -0.4 is 16.8 Å². The first-order chi connectivity index (χ1) is 36.2. The third-order valence-electron chi connectivity index (χ3n) is 12.2. The molecule has 0 fully saturated rings. The van der Waals surface area contributed by atoms with E-state index < -0.39 is 11.7 Å². The van der Waals surface area contributed by atoms with Crippen molar-refractivity contribution in [2.24, 2.45) is 5.11 Å². The number of aryl methyl sites for hydroxylation is 6. The van der Waals surface area contributed by atoms with Crippen molar-refractivity contribution >= 4 is 29.7 Å². The number of nitrogen functional groups attached to an aromatic ring is 2. The highest BCUT2D eigenvalue weighted by Gasteiger charge is 2.20. The standard InChI is InChI=1S/C27H40N6O.C16H24N4O.C15H23N3O2/c1-2-3-4-5-7-11-22-15-17-23(18-16-22)26(34)14-10-19-33-21-25(31-32-33)13-9-6-8-12-24-20-29-27(28)30-24;1-2-3-4-5-6-7-14-8-10-15(11-9-14)16(21)18-12-13-19-20-17;1-5-6-7-8-9-10-12-11-18(13(16)17-12)14(19)20-15(2,3)4/h15-18,20-21H,2-14,19H2,1H3,(H3,28,29,30);8-11H,2-7,12-13H2,1H3,(H,18,21);1,11H,6-10H2,2-4H3,(H2,16,17). The number of rotatable bonds is 32. The van der Waals surface area contributed by atoms with Gasteiger partial charge >= 0.3 is 6.09 Å². The maximum absolute atomic E-state index is 12.5. The monoisotopic (exact) mass is 1030 g/mol. The number of nitrogens with two attached hydrogens (primary N) is 2. The van der Waals surface area contributed by atoms with E-state index in [2.05, 4.69) is 72.5 Å². The number of terminal acetylenes is 1. The summed E-state index contributed by atoms with van der Waals surface area (Å²) in [5.41, 5.74) is 25.9. The molecular weight excluding hydrogens is 943 g/mol. The van der Waals surface area contributed by atoms with Gasteiger partial charge in [-0.1, -0.05) is 125 Å². The normalized spacial score (nSPS) is 10.8. The van der Waals surface area contributed by atoms with Gasteiger partial charge in [-0.2, -0.15) is 0 Å². The summed E-state index contributed by atoms with van der Waals surface area (Å²) in [5, 5.41) is 14.6. The van der Waals surface area contributed by atoms with Crippen molar-refractivity contribution in [2.45, 2.75) is 201 Å². The van der Waals surface area contributed by atoms with Gasteiger partial charge in [0.15, 0.2) is 11.7 Å². The van der Waals surface area contributed by atoms with Crippen LogP contribution >= 0.6 is 0 Å². The number of unbranched alkanes of at least 4 members (excludes halogenated alkanes) is 13. The Morgan fingerprint density at radius 2 is 1.33 bits per heavy atom. The van der Waals surface area contributed by atoms with Crippen LogP contribution in [-0.4, -0.2) is 71.0 Å². The van der Waals surface area contributed by atoms with E-state index in [0.717, 1.165) is 113 Å². The van der Waals surface area contributed by atoms with Crippen molar-refractivity contribution in [3.63, 3.8) is 0 Å². The number of carbonyl (C=O) groups is 3. The summed E-state index contributed by atoms with van der Waals surface area (Å²) in [6.45, 7) is 11.2. The number of hydrogen-bond acceptors (Lipinski definition) is 11. The molecule has 0 aliphatic carbocycles. The minimum absolute atomic E-state index is 0.127. The van der Waals surface area contributed by atoms with Gasteiger partial charge < -0.3 is 26.5 Å². The number of imidazole rings is 2. The molecule has 6 N–H and O–H groups in total. The lowest BCUT2D eigenvalue weighted by Gasteiger charge is -2.19. The van der Waals surface area contributed by atoms with E-state index in [-0.39, 0.29) is 24.2 Å². The van der Waals surface area contributed by atoms with E-state index >= 15 is 0 Å². The summed E-state index contributed by atoms with van der Waals surface area (Å²) in [6.07, 6.45) is 36.3.